The third-order valence-electron chi connectivity index (χ3n) is 3.03. The van der Waals surface area contributed by atoms with Gasteiger partial charge in [0.1, 0.15) is 11.5 Å². The quantitative estimate of drug-likeness (QED) is 0.776. The van der Waals surface area contributed by atoms with E-state index in [0.717, 1.165) is 24.2 Å². The fraction of sp³-hybridized carbons (Fsp3) is 0.538. The smallest absolute Gasteiger partial charge is 0.263 e. The highest BCUT2D eigenvalue weighted by Gasteiger charge is 2.20. The third-order valence-corrected chi connectivity index (χ3v) is 3.03. The molecule has 1 aliphatic heterocycles. The second-order valence-electron chi connectivity index (χ2n) is 4.55. The van der Waals surface area contributed by atoms with Crippen LogP contribution in [0.3, 0.4) is 0 Å². The lowest BCUT2D eigenvalue weighted by molar-refractivity contribution is -0.112. The summed E-state index contributed by atoms with van der Waals surface area (Å²) in [6, 6.07) is 0. The van der Waals surface area contributed by atoms with E-state index < -0.39 is 5.91 Å². The van der Waals surface area contributed by atoms with Gasteiger partial charge < -0.3 is 5.73 Å². The van der Waals surface area contributed by atoms with Crippen LogP contribution in [0.25, 0.3) is 0 Å². The van der Waals surface area contributed by atoms with Crippen LogP contribution in [0.5, 0.6) is 0 Å². The fourth-order valence-electron chi connectivity index (χ4n) is 1.97. The molecule has 2 N–H and O–H groups in total. The van der Waals surface area contributed by atoms with Crippen molar-refractivity contribution in [3.63, 3.8) is 0 Å². The van der Waals surface area contributed by atoms with E-state index in [2.05, 4.69) is 21.9 Å². The number of nitrogens with zero attached hydrogens (tertiary/aromatic N) is 3. The van der Waals surface area contributed by atoms with Gasteiger partial charge in [0.2, 0.25) is 0 Å². The van der Waals surface area contributed by atoms with Crippen LogP contribution < -0.4 is 5.73 Å². The standard InChI is InChI=1S/C13H18N4O/c1-2-3-4-5-6-11-15-8-9-7-10(12(14)18)16-13(9)17-11/h8H,2-7H2,1H3,(H2,14,18). The van der Waals surface area contributed by atoms with E-state index in [1.165, 1.54) is 19.3 Å². The second kappa shape index (κ2) is 5.71. The van der Waals surface area contributed by atoms with Crippen molar-refractivity contribution < 1.29 is 4.79 Å². The highest BCUT2D eigenvalue weighted by atomic mass is 16.1. The molecule has 2 heterocycles. The fourth-order valence-corrected chi connectivity index (χ4v) is 1.97. The average molecular weight is 246 g/mol. The maximum Gasteiger partial charge on any atom is 0.263 e. The van der Waals surface area contributed by atoms with E-state index in [-0.39, 0.29) is 0 Å². The van der Waals surface area contributed by atoms with E-state index >= 15 is 0 Å². The Morgan fingerprint density at radius 2 is 2.22 bits per heavy atom. The predicted molar refractivity (Wildman–Crippen MR) is 69.9 cm³/mol. The Morgan fingerprint density at radius 1 is 1.39 bits per heavy atom. The van der Waals surface area contributed by atoms with E-state index in [1.54, 1.807) is 6.20 Å². The van der Waals surface area contributed by atoms with Crippen molar-refractivity contribution >= 4 is 17.4 Å². The number of nitrogens with two attached hydrogens (primary N) is 1. The van der Waals surface area contributed by atoms with Gasteiger partial charge in [0.05, 0.1) is 0 Å². The summed E-state index contributed by atoms with van der Waals surface area (Å²) in [5, 5.41) is 0. The average Bonchev–Trinajstić information content (AvgIpc) is 2.78. The zero-order valence-electron chi connectivity index (χ0n) is 10.6. The number of aryl methyl sites for hydroxylation is 1. The van der Waals surface area contributed by atoms with Crippen LogP contribution in [0.15, 0.2) is 11.2 Å². The van der Waals surface area contributed by atoms with Crippen LogP contribution in [0.4, 0.5) is 5.82 Å². The van der Waals surface area contributed by atoms with Gasteiger partial charge in [-0.25, -0.2) is 15.0 Å². The lowest BCUT2D eigenvalue weighted by Gasteiger charge is -2.01. The number of aliphatic imine (C=N–C) groups is 1. The molecule has 5 nitrogen and oxygen atoms in total. The number of carbonyl (C=O) groups is 1. The van der Waals surface area contributed by atoms with Crippen molar-refractivity contribution in [2.45, 2.75) is 45.4 Å². The van der Waals surface area contributed by atoms with Crippen LogP contribution in [0, 0.1) is 0 Å². The van der Waals surface area contributed by atoms with Crippen molar-refractivity contribution in [2.75, 3.05) is 0 Å². The van der Waals surface area contributed by atoms with E-state index in [1.807, 2.05) is 0 Å². The largest absolute Gasteiger partial charge is 0.365 e. The van der Waals surface area contributed by atoms with Gasteiger partial charge in [0.15, 0.2) is 5.82 Å². The maximum absolute atomic E-state index is 11.0. The van der Waals surface area contributed by atoms with E-state index in [0.29, 0.717) is 18.0 Å². The molecule has 0 spiro atoms. The SMILES string of the molecule is CCCCCCc1ncc2c(n1)N=C(C(N)=O)C2. The molecule has 1 aromatic heterocycles. The Balaban J connectivity index is 2.00. The molecule has 96 valence electrons. The summed E-state index contributed by atoms with van der Waals surface area (Å²) in [5.41, 5.74) is 6.48. The Bertz CT molecular complexity index is 482. The van der Waals surface area contributed by atoms with Crippen molar-refractivity contribution in [1.29, 1.82) is 0 Å². The molecule has 0 aromatic carbocycles. The first-order valence-electron chi connectivity index (χ1n) is 6.43. The summed E-state index contributed by atoms with van der Waals surface area (Å²) < 4.78 is 0. The first kappa shape index (κ1) is 12.7. The van der Waals surface area contributed by atoms with Gasteiger partial charge in [-0.15, -0.1) is 0 Å². The molecule has 1 amide bonds. The Morgan fingerprint density at radius 3 is 2.94 bits per heavy atom. The second-order valence-corrected chi connectivity index (χ2v) is 4.55. The molecule has 2 rings (SSSR count). The lowest BCUT2D eigenvalue weighted by Crippen LogP contribution is -2.22. The van der Waals surface area contributed by atoms with Gasteiger partial charge in [-0.3, -0.25) is 4.79 Å². The zero-order valence-corrected chi connectivity index (χ0v) is 10.6. The van der Waals surface area contributed by atoms with E-state index in [4.69, 9.17) is 5.73 Å². The summed E-state index contributed by atoms with van der Waals surface area (Å²) >= 11 is 0. The van der Waals surface area contributed by atoms with Crippen LogP contribution in [-0.4, -0.2) is 21.6 Å². The molecule has 5 heteroatoms. The molecular formula is C13H18N4O. The summed E-state index contributed by atoms with van der Waals surface area (Å²) in [7, 11) is 0. The maximum atomic E-state index is 11.0. The number of carbonyl (C=O) groups excluding carboxylic acids is 1. The molecule has 0 saturated carbocycles. The Kier molecular flexibility index (Phi) is 4.02. The van der Waals surface area contributed by atoms with Crippen molar-refractivity contribution in [3.05, 3.63) is 17.6 Å². The van der Waals surface area contributed by atoms with Gasteiger partial charge in [-0.05, 0) is 6.42 Å². The minimum absolute atomic E-state index is 0.377. The molecule has 0 aliphatic carbocycles. The Hall–Kier alpha value is -1.78. The zero-order chi connectivity index (χ0) is 13.0. The normalized spacial score (nSPS) is 13.3. The topological polar surface area (TPSA) is 81.2 Å². The van der Waals surface area contributed by atoms with Gasteiger partial charge in [-0.1, -0.05) is 26.2 Å². The predicted octanol–water partition coefficient (Wildman–Crippen LogP) is 1.71. The number of fused-ring (bicyclic) bond motifs is 1. The first-order chi connectivity index (χ1) is 8.70. The molecule has 0 bridgehead atoms. The van der Waals surface area contributed by atoms with Crippen molar-refractivity contribution in [3.8, 4) is 0 Å². The summed E-state index contributed by atoms with van der Waals surface area (Å²) in [5.74, 6) is 0.945. The first-order valence-corrected chi connectivity index (χ1v) is 6.43. The molecule has 0 atom stereocenters. The molecule has 1 aromatic rings. The number of primary amides is 1. The number of rotatable bonds is 6. The van der Waals surface area contributed by atoms with Crippen LogP contribution >= 0.6 is 0 Å². The van der Waals surface area contributed by atoms with Crippen LogP contribution in [-0.2, 0) is 17.6 Å². The summed E-state index contributed by atoms with van der Waals surface area (Å²) in [6.07, 6.45) is 7.85. The number of hydrogen-bond donors (Lipinski definition) is 1. The molecule has 0 fully saturated rings. The number of hydrogen-bond acceptors (Lipinski definition) is 4. The highest BCUT2D eigenvalue weighted by molar-refractivity contribution is 6.40. The lowest BCUT2D eigenvalue weighted by atomic mass is 10.1. The van der Waals surface area contributed by atoms with Gasteiger partial charge >= 0.3 is 0 Å². The van der Waals surface area contributed by atoms with Crippen LogP contribution in [0.1, 0.15) is 44.0 Å². The molecule has 0 radical (unpaired) electrons. The van der Waals surface area contributed by atoms with Gasteiger partial charge in [0.25, 0.3) is 5.91 Å². The molecular weight excluding hydrogens is 228 g/mol. The number of amides is 1. The monoisotopic (exact) mass is 246 g/mol. The van der Waals surface area contributed by atoms with E-state index in [9.17, 15) is 4.79 Å². The highest BCUT2D eigenvalue weighted by Crippen LogP contribution is 2.23. The summed E-state index contributed by atoms with van der Waals surface area (Å²) in [4.78, 5) is 23.9. The molecule has 18 heavy (non-hydrogen) atoms. The Labute approximate surface area is 107 Å². The minimum Gasteiger partial charge on any atom is -0.365 e. The number of unbranched alkanes of at least 4 members (excludes halogenated alkanes) is 3. The minimum atomic E-state index is -0.475. The van der Waals surface area contributed by atoms with Crippen LogP contribution in [0.2, 0.25) is 0 Å². The van der Waals surface area contributed by atoms with Crippen molar-refractivity contribution in [2.24, 2.45) is 10.7 Å². The molecule has 1 aliphatic rings. The van der Waals surface area contributed by atoms with Gasteiger partial charge in [-0.2, -0.15) is 0 Å². The third kappa shape index (κ3) is 2.91. The molecule has 0 unspecified atom stereocenters. The van der Waals surface area contributed by atoms with Gasteiger partial charge in [0, 0.05) is 24.6 Å². The van der Waals surface area contributed by atoms with Crippen molar-refractivity contribution in [1.82, 2.24) is 9.97 Å². The molecule has 0 saturated heterocycles. The number of aromatic nitrogens is 2. The summed E-state index contributed by atoms with van der Waals surface area (Å²) in [6.45, 7) is 2.19.